The Morgan fingerprint density at radius 3 is 2.62 bits per heavy atom. The largest absolute Gasteiger partial charge is 0.481 e. The van der Waals surface area contributed by atoms with Crippen molar-refractivity contribution in [1.82, 2.24) is 9.88 Å². The first-order valence-electron chi connectivity index (χ1n) is 7.45. The minimum Gasteiger partial charge on any atom is -0.481 e. The number of rotatable bonds is 4. The van der Waals surface area contributed by atoms with Gasteiger partial charge in [-0.1, -0.05) is 13.8 Å². The summed E-state index contributed by atoms with van der Waals surface area (Å²) in [6.07, 6.45) is 2.20. The lowest BCUT2D eigenvalue weighted by molar-refractivity contribution is -0.142. The monoisotopic (exact) mass is 308 g/mol. The molecule has 0 unspecified atom stereocenters. The minimum atomic E-state index is -0.775. The molecule has 114 valence electrons. The van der Waals surface area contributed by atoms with Gasteiger partial charge in [-0.05, 0) is 24.7 Å². The van der Waals surface area contributed by atoms with Gasteiger partial charge < -0.3 is 10.0 Å². The summed E-state index contributed by atoms with van der Waals surface area (Å²) in [5, 5.41) is 12.1. The Kier molecular flexibility index (Phi) is 3.73. The van der Waals surface area contributed by atoms with E-state index >= 15 is 0 Å². The quantitative estimate of drug-likeness (QED) is 0.927. The molecule has 0 radical (unpaired) electrons. The van der Waals surface area contributed by atoms with Crippen molar-refractivity contribution in [3.8, 4) is 0 Å². The van der Waals surface area contributed by atoms with Crippen LogP contribution in [0.15, 0.2) is 5.38 Å². The molecule has 0 aromatic carbocycles. The molecule has 1 saturated heterocycles. The van der Waals surface area contributed by atoms with Crippen molar-refractivity contribution in [2.24, 2.45) is 17.8 Å². The summed E-state index contributed by atoms with van der Waals surface area (Å²) in [5.74, 6) is -0.387. The normalized spacial score (nSPS) is 25.6. The smallest absolute Gasteiger partial charge is 0.308 e. The highest BCUT2D eigenvalue weighted by Crippen LogP contribution is 2.44. The van der Waals surface area contributed by atoms with E-state index in [1.807, 2.05) is 13.8 Å². The van der Waals surface area contributed by atoms with Crippen molar-refractivity contribution in [3.05, 3.63) is 16.1 Å². The summed E-state index contributed by atoms with van der Waals surface area (Å²) in [6, 6.07) is 0. The molecule has 1 aromatic rings. The maximum absolute atomic E-state index is 12.5. The highest BCUT2D eigenvalue weighted by Gasteiger charge is 2.47. The SMILES string of the molecule is CC(C)c1nc(C(=O)N2C[C@@H](C(=O)O)[C@H](C3CC3)C2)cs1. The van der Waals surface area contributed by atoms with Crippen LogP contribution in [0.3, 0.4) is 0 Å². The zero-order chi connectivity index (χ0) is 15.1. The summed E-state index contributed by atoms with van der Waals surface area (Å²) in [6.45, 7) is 4.98. The van der Waals surface area contributed by atoms with E-state index in [1.54, 1.807) is 10.3 Å². The van der Waals surface area contributed by atoms with Gasteiger partial charge in [-0.25, -0.2) is 4.98 Å². The number of hydrogen-bond donors (Lipinski definition) is 1. The van der Waals surface area contributed by atoms with Crippen LogP contribution in [0.4, 0.5) is 0 Å². The summed E-state index contributed by atoms with van der Waals surface area (Å²) in [4.78, 5) is 30.0. The number of carbonyl (C=O) groups excluding carboxylic acids is 1. The standard InChI is InChI=1S/C15H20N2O3S/c1-8(2)13-16-12(7-21-13)14(18)17-5-10(9-3-4-9)11(6-17)15(19)20/h7-11H,3-6H2,1-2H3,(H,19,20)/t10-,11+/m0/s1. The van der Waals surface area contributed by atoms with Crippen LogP contribution in [0.1, 0.15) is 48.1 Å². The number of aliphatic carboxylic acids is 1. The summed E-state index contributed by atoms with van der Waals surface area (Å²) < 4.78 is 0. The third-order valence-electron chi connectivity index (χ3n) is 4.43. The second-order valence-electron chi connectivity index (χ2n) is 6.38. The maximum atomic E-state index is 12.5. The molecule has 2 heterocycles. The molecule has 6 heteroatoms. The zero-order valence-electron chi connectivity index (χ0n) is 12.3. The first-order chi connectivity index (χ1) is 9.97. The van der Waals surface area contributed by atoms with Crippen LogP contribution < -0.4 is 0 Å². The molecule has 2 fully saturated rings. The maximum Gasteiger partial charge on any atom is 0.308 e. The molecule has 1 aromatic heterocycles. The Morgan fingerprint density at radius 2 is 2.10 bits per heavy atom. The number of likely N-dealkylation sites (tertiary alicyclic amines) is 1. The molecule has 1 saturated carbocycles. The molecule has 1 aliphatic carbocycles. The van der Waals surface area contributed by atoms with Crippen LogP contribution >= 0.6 is 11.3 Å². The lowest BCUT2D eigenvalue weighted by atomic mass is 9.92. The van der Waals surface area contributed by atoms with Crippen LogP contribution in [0.5, 0.6) is 0 Å². The third kappa shape index (κ3) is 2.81. The fourth-order valence-corrected chi connectivity index (χ4v) is 3.88. The Bertz CT molecular complexity index is 565. The second kappa shape index (κ2) is 5.40. The van der Waals surface area contributed by atoms with E-state index in [2.05, 4.69) is 4.98 Å². The Hall–Kier alpha value is -1.43. The van der Waals surface area contributed by atoms with E-state index in [0.29, 0.717) is 30.6 Å². The fourth-order valence-electron chi connectivity index (χ4n) is 3.07. The molecule has 1 N–H and O–H groups in total. The first kappa shape index (κ1) is 14.5. The number of thiazole rings is 1. The zero-order valence-corrected chi connectivity index (χ0v) is 13.1. The molecule has 21 heavy (non-hydrogen) atoms. The van der Waals surface area contributed by atoms with Crippen molar-refractivity contribution < 1.29 is 14.7 Å². The molecule has 2 aliphatic rings. The highest BCUT2D eigenvalue weighted by atomic mass is 32.1. The average Bonchev–Trinajstić information content (AvgIpc) is 3.01. The van der Waals surface area contributed by atoms with Gasteiger partial charge in [0.25, 0.3) is 5.91 Å². The van der Waals surface area contributed by atoms with Crippen molar-refractivity contribution in [3.63, 3.8) is 0 Å². The molecule has 0 spiro atoms. The van der Waals surface area contributed by atoms with E-state index in [9.17, 15) is 14.7 Å². The van der Waals surface area contributed by atoms with Gasteiger partial charge in [-0.15, -0.1) is 11.3 Å². The number of carboxylic acid groups (broad SMARTS) is 1. The van der Waals surface area contributed by atoms with Gasteiger partial charge in [-0.3, -0.25) is 9.59 Å². The Labute approximate surface area is 128 Å². The predicted octanol–water partition coefficient (Wildman–Crippen LogP) is 2.45. The second-order valence-corrected chi connectivity index (χ2v) is 7.27. The third-order valence-corrected chi connectivity index (χ3v) is 5.58. The lowest BCUT2D eigenvalue weighted by Crippen LogP contribution is -2.30. The molecule has 3 rings (SSSR count). The number of carbonyl (C=O) groups is 2. The molecule has 1 aliphatic heterocycles. The van der Waals surface area contributed by atoms with Gasteiger partial charge in [-0.2, -0.15) is 0 Å². The minimum absolute atomic E-state index is 0.118. The van der Waals surface area contributed by atoms with Crippen molar-refractivity contribution in [2.75, 3.05) is 13.1 Å². The van der Waals surface area contributed by atoms with Crippen molar-refractivity contribution in [1.29, 1.82) is 0 Å². The summed E-state index contributed by atoms with van der Waals surface area (Å²) >= 11 is 1.50. The predicted molar refractivity (Wildman–Crippen MR) is 79.4 cm³/mol. The van der Waals surface area contributed by atoms with E-state index in [0.717, 1.165) is 17.8 Å². The lowest BCUT2D eigenvalue weighted by Gasteiger charge is -2.14. The van der Waals surface area contributed by atoms with Gasteiger partial charge in [0.1, 0.15) is 5.69 Å². The number of hydrogen-bond acceptors (Lipinski definition) is 4. The van der Waals surface area contributed by atoms with E-state index in [-0.39, 0.29) is 11.8 Å². The number of carboxylic acids is 1. The van der Waals surface area contributed by atoms with Gasteiger partial charge >= 0.3 is 5.97 Å². The average molecular weight is 308 g/mol. The van der Waals surface area contributed by atoms with Crippen LogP contribution in [0.25, 0.3) is 0 Å². The Balaban J connectivity index is 1.74. The van der Waals surface area contributed by atoms with Crippen LogP contribution in [0, 0.1) is 17.8 Å². The van der Waals surface area contributed by atoms with Gasteiger partial charge in [0.05, 0.1) is 10.9 Å². The van der Waals surface area contributed by atoms with E-state index in [1.165, 1.54) is 11.3 Å². The highest BCUT2D eigenvalue weighted by molar-refractivity contribution is 7.09. The van der Waals surface area contributed by atoms with E-state index < -0.39 is 11.9 Å². The fraction of sp³-hybridized carbons (Fsp3) is 0.667. The Morgan fingerprint density at radius 1 is 1.38 bits per heavy atom. The summed E-state index contributed by atoms with van der Waals surface area (Å²) in [7, 11) is 0. The van der Waals surface area contributed by atoms with E-state index in [4.69, 9.17) is 0 Å². The first-order valence-corrected chi connectivity index (χ1v) is 8.32. The van der Waals surface area contributed by atoms with Gasteiger partial charge in [0, 0.05) is 24.4 Å². The molecule has 1 amide bonds. The number of nitrogens with zero attached hydrogens (tertiary/aromatic N) is 2. The van der Waals surface area contributed by atoms with Crippen molar-refractivity contribution >= 4 is 23.2 Å². The van der Waals surface area contributed by atoms with Gasteiger partial charge in [0.15, 0.2) is 0 Å². The van der Waals surface area contributed by atoms with Crippen LogP contribution in [-0.4, -0.2) is 40.0 Å². The van der Waals surface area contributed by atoms with Gasteiger partial charge in [0.2, 0.25) is 0 Å². The number of amides is 1. The topological polar surface area (TPSA) is 70.5 Å². The molecule has 0 bridgehead atoms. The molecular weight excluding hydrogens is 288 g/mol. The molecular formula is C15H20N2O3S. The summed E-state index contributed by atoms with van der Waals surface area (Å²) in [5.41, 5.74) is 0.462. The van der Waals surface area contributed by atoms with Crippen LogP contribution in [-0.2, 0) is 4.79 Å². The van der Waals surface area contributed by atoms with Crippen molar-refractivity contribution in [2.45, 2.75) is 32.6 Å². The molecule has 5 nitrogen and oxygen atoms in total. The van der Waals surface area contributed by atoms with Crippen LogP contribution in [0.2, 0.25) is 0 Å². The molecule has 2 atom stereocenters. The number of aromatic nitrogens is 1.